The van der Waals surface area contributed by atoms with Crippen molar-refractivity contribution in [2.24, 2.45) is 17.8 Å². The van der Waals surface area contributed by atoms with Crippen LogP contribution in [0.1, 0.15) is 45.7 Å². The van der Waals surface area contributed by atoms with Crippen molar-refractivity contribution in [1.29, 1.82) is 0 Å². The molecule has 0 aliphatic heterocycles. The molecule has 3 aromatic rings. The van der Waals surface area contributed by atoms with Crippen molar-refractivity contribution in [2.75, 3.05) is 0 Å². The van der Waals surface area contributed by atoms with Gasteiger partial charge < -0.3 is 5.11 Å². The Morgan fingerprint density at radius 2 is 1.76 bits per heavy atom. The Bertz CT molecular complexity index is 920. The van der Waals surface area contributed by atoms with E-state index in [0.29, 0.717) is 11.8 Å². The molecule has 2 heterocycles. The van der Waals surface area contributed by atoms with E-state index in [0.717, 1.165) is 40.3 Å². The molecule has 1 aromatic carbocycles. The van der Waals surface area contributed by atoms with Crippen LogP contribution >= 0.6 is 0 Å². The molecule has 25 heavy (non-hydrogen) atoms. The molecule has 1 aliphatic rings. The van der Waals surface area contributed by atoms with Crippen molar-refractivity contribution in [3.05, 3.63) is 48.3 Å². The van der Waals surface area contributed by atoms with Crippen LogP contribution in [0.3, 0.4) is 0 Å². The van der Waals surface area contributed by atoms with Crippen molar-refractivity contribution in [1.82, 2.24) is 9.97 Å². The lowest BCUT2D eigenvalue weighted by Crippen LogP contribution is -2.43. The van der Waals surface area contributed by atoms with Crippen molar-refractivity contribution in [3.8, 4) is 0 Å². The summed E-state index contributed by atoms with van der Waals surface area (Å²) in [7, 11) is 0. The Balaban J connectivity index is 1.91. The van der Waals surface area contributed by atoms with Gasteiger partial charge in [-0.3, -0.25) is 4.98 Å². The van der Waals surface area contributed by atoms with Gasteiger partial charge in [0, 0.05) is 17.0 Å². The summed E-state index contributed by atoms with van der Waals surface area (Å²) >= 11 is 0. The van der Waals surface area contributed by atoms with Crippen LogP contribution < -0.4 is 0 Å². The van der Waals surface area contributed by atoms with Crippen molar-refractivity contribution >= 4 is 21.8 Å². The first kappa shape index (κ1) is 16.5. The zero-order valence-electron chi connectivity index (χ0n) is 15.2. The molecule has 1 N–H and O–H groups in total. The smallest absolute Gasteiger partial charge is 0.110 e. The van der Waals surface area contributed by atoms with Gasteiger partial charge in [-0.25, -0.2) is 4.98 Å². The molecule has 4 rings (SSSR count). The molecule has 0 spiro atoms. The third-order valence-electron chi connectivity index (χ3n) is 5.92. The summed E-state index contributed by atoms with van der Waals surface area (Å²) in [5.41, 5.74) is 1.76. The maximum absolute atomic E-state index is 11.7. The van der Waals surface area contributed by atoms with Gasteiger partial charge in [-0.1, -0.05) is 51.5 Å². The molecule has 3 atom stereocenters. The predicted molar refractivity (Wildman–Crippen MR) is 102 cm³/mol. The van der Waals surface area contributed by atoms with Crippen LogP contribution in [0.4, 0.5) is 0 Å². The third kappa shape index (κ3) is 2.71. The number of pyridine rings is 2. The van der Waals surface area contributed by atoms with E-state index in [1.165, 1.54) is 6.42 Å². The average molecular weight is 334 g/mol. The summed E-state index contributed by atoms with van der Waals surface area (Å²) < 4.78 is 0. The van der Waals surface area contributed by atoms with Gasteiger partial charge in [0.1, 0.15) is 5.60 Å². The zero-order chi connectivity index (χ0) is 17.6. The zero-order valence-corrected chi connectivity index (χ0v) is 15.2. The van der Waals surface area contributed by atoms with E-state index in [2.05, 4.69) is 50.0 Å². The largest absolute Gasteiger partial charge is 0.383 e. The molecule has 0 saturated heterocycles. The molecular formula is C22H26N2O. The van der Waals surface area contributed by atoms with Gasteiger partial charge in [0.2, 0.25) is 0 Å². The highest BCUT2D eigenvalue weighted by Gasteiger charge is 2.45. The summed E-state index contributed by atoms with van der Waals surface area (Å²) in [6.07, 6.45) is 4.84. The first-order chi connectivity index (χ1) is 12.0. The number of aliphatic hydroxyl groups is 1. The third-order valence-corrected chi connectivity index (χ3v) is 5.92. The molecule has 0 radical (unpaired) electrons. The molecule has 3 unspecified atom stereocenters. The summed E-state index contributed by atoms with van der Waals surface area (Å²) in [5.74, 6) is 1.19. The van der Waals surface area contributed by atoms with Crippen LogP contribution in [-0.2, 0) is 5.60 Å². The summed E-state index contributed by atoms with van der Waals surface area (Å²) in [6, 6.07) is 12.3. The van der Waals surface area contributed by atoms with E-state index in [4.69, 9.17) is 4.98 Å². The number of nitrogens with zero attached hydrogens (tertiary/aromatic N) is 2. The molecule has 1 aliphatic carbocycles. The molecule has 3 nitrogen and oxygen atoms in total. The normalized spacial score (nSPS) is 27.2. The Hall–Kier alpha value is -2.00. The first-order valence-corrected chi connectivity index (χ1v) is 9.36. The van der Waals surface area contributed by atoms with Crippen LogP contribution in [0.15, 0.2) is 42.6 Å². The Morgan fingerprint density at radius 1 is 1.04 bits per heavy atom. The standard InChI is InChI=1S/C22H26N2O/c1-14(2)18-10-6-15(3)13-22(18,25)19-11-9-17-8-7-16-5-4-12-23-20(16)21(17)24-19/h4-5,7-9,11-12,14-15,18,25H,6,10,13H2,1-3H3. The SMILES string of the molecule is CC1CCC(C(C)C)C(O)(c2ccc3ccc4cccnc4c3n2)C1. The van der Waals surface area contributed by atoms with E-state index in [9.17, 15) is 5.11 Å². The number of fused-ring (bicyclic) bond motifs is 3. The second-order valence-corrected chi connectivity index (χ2v) is 8.07. The highest BCUT2D eigenvalue weighted by atomic mass is 16.3. The van der Waals surface area contributed by atoms with E-state index in [-0.39, 0.29) is 5.92 Å². The van der Waals surface area contributed by atoms with E-state index in [1.54, 1.807) is 0 Å². The predicted octanol–water partition coefficient (Wildman–Crippen LogP) is 5.06. The number of hydrogen-bond donors (Lipinski definition) is 1. The van der Waals surface area contributed by atoms with Gasteiger partial charge in [0.05, 0.1) is 16.7 Å². The number of rotatable bonds is 2. The number of aromatic nitrogens is 2. The minimum Gasteiger partial charge on any atom is -0.383 e. The van der Waals surface area contributed by atoms with Gasteiger partial charge in [0.25, 0.3) is 0 Å². The average Bonchev–Trinajstić information content (AvgIpc) is 2.60. The van der Waals surface area contributed by atoms with Crippen LogP contribution in [0, 0.1) is 17.8 Å². The van der Waals surface area contributed by atoms with Crippen LogP contribution in [0.5, 0.6) is 0 Å². The molecule has 3 heteroatoms. The molecule has 0 bridgehead atoms. The molecule has 1 fully saturated rings. The highest BCUT2D eigenvalue weighted by molar-refractivity contribution is 6.02. The molecular weight excluding hydrogens is 308 g/mol. The van der Waals surface area contributed by atoms with Gasteiger partial charge in [-0.05, 0) is 42.7 Å². The second-order valence-electron chi connectivity index (χ2n) is 8.07. The Labute approximate surface area is 149 Å². The molecule has 2 aromatic heterocycles. The quantitative estimate of drug-likeness (QED) is 0.666. The monoisotopic (exact) mass is 334 g/mol. The lowest BCUT2D eigenvalue weighted by molar-refractivity contribution is -0.0894. The Kier molecular flexibility index (Phi) is 3.99. The highest BCUT2D eigenvalue weighted by Crippen LogP contribution is 2.47. The van der Waals surface area contributed by atoms with E-state index >= 15 is 0 Å². The summed E-state index contributed by atoms with van der Waals surface area (Å²) in [6.45, 7) is 6.66. The molecule has 130 valence electrons. The maximum Gasteiger partial charge on any atom is 0.110 e. The molecule has 1 saturated carbocycles. The molecule has 0 amide bonds. The lowest BCUT2D eigenvalue weighted by atomic mass is 9.65. The maximum atomic E-state index is 11.7. The fourth-order valence-corrected chi connectivity index (χ4v) is 4.63. The first-order valence-electron chi connectivity index (χ1n) is 9.36. The van der Waals surface area contributed by atoms with E-state index < -0.39 is 5.60 Å². The summed E-state index contributed by atoms with van der Waals surface area (Å²) in [4.78, 5) is 9.50. The van der Waals surface area contributed by atoms with Gasteiger partial charge in [-0.15, -0.1) is 0 Å². The lowest BCUT2D eigenvalue weighted by Gasteiger charge is -2.44. The van der Waals surface area contributed by atoms with Gasteiger partial charge in [-0.2, -0.15) is 0 Å². The number of benzene rings is 1. The van der Waals surface area contributed by atoms with E-state index in [1.807, 2.05) is 18.3 Å². The van der Waals surface area contributed by atoms with Crippen LogP contribution in [0.2, 0.25) is 0 Å². The van der Waals surface area contributed by atoms with Crippen molar-refractivity contribution in [3.63, 3.8) is 0 Å². The minimum absolute atomic E-state index is 0.247. The van der Waals surface area contributed by atoms with Gasteiger partial charge in [0.15, 0.2) is 0 Å². The second kappa shape index (κ2) is 6.06. The van der Waals surface area contributed by atoms with Crippen LogP contribution in [-0.4, -0.2) is 15.1 Å². The minimum atomic E-state index is -0.850. The topological polar surface area (TPSA) is 46.0 Å². The van der Waals surface area contributed by atoms with Crippen LogP contribution in [0.25, 0.3) is 21.8 Å². The summed E-state index contributed by atoms with van der Waals surface area (Å²) in [5, 5.41) is 13.9. The Morgan fingerprint density at radius 3 is 2.52 bits per heavy atom. The number of hydrogen-bond acceptors (Lipinski definition) is 3. The van der Waals surface area contributed by atoms with Crippen molar-refractivity contribution in [2.45, 2.75) is 45.6 Å². The van der Waals surface area contributed by atoms with Crippen molar-refractivity contribution < 1.29 is 5.11 Å². The van der Waals surface area contributed by atoms with Gasteiger partial charge >= 0.3 is 0 Å². The fraction of sp³-hybridized carbons (Fsp3) is 0.455. The fourth-order valence-electron chi connectivity index (χ4n) is 4.63.